The van der Waals surface area contributed by atoms with Gasteiger partial charge < -0.3 is 5.11 Å². The normalized spacial score (nSPS) is 21.9. The summed E-state index contributed by atoms with van der Waals surface area (Å²) in [5.41, 5.74) is 1.93. The lowest BCUT2D eigenvalue weighted by Crippen LogP contribution is -2.23. The molecule has 1 aliphatic rings. The number of halogens is 1. The standard InChI is InChI=1S/C18H18FNO2/c19-15-8-4-7-14(9-15)16-11-20(12-17(16)18(21)22)10-13-5-2-1-3-6-13/h1-9,16-17H,10-12H2,(H,21,22)/t16-,17-/m1/s1. The summed E-state index contributed by atoms with van der Waals surface area (Å²) in [6, 6.07) is 16.3. The van der Waals surface area contributed by atoms with Gasteiger partial charge in [0.2, 0.25) is 0 Å². The summed E-state index contributed by atoms with van der Waals surface area (Å²) >= 11 is 0. The van der Waals surface area contributed by atoms with Gasteiger partial charge in [-0.05, 0) is 23.3 Å². The second-order valence-electron chi connectivity index (χ2n) is 5.79. The molecule has 2 aromatic carbocycles. The lowest BCUT2D eigenvalue weighted by Gasteiger charge is -2.16. The molecule has 1 N–H and O–H groups in total. The van der Waals surface area contributed by atoms with Crippen LogP contribution in [-0.2, 0) is 11.3 Å². The average molecular weight is 299 g/mol. The molecule has 0 saturated carbocycles. The van der Waals surface area contributed by atoms with E-state index in [0.717, 1.165) is 17.7 Å². The number of carboxylic acid groups (broad SMARTS) is 1. The van der Waals surface area contributed by atoms with Crippen molar-refractivity contribution in [2.24, 2.45) is 5.92 Å². The SMILES string of the molecule is O=C(O)[C@@H]1CN(Cc2ccccc2)C[C@@H]1c1cccc(F)c1. The highest BCUT2D eigenvalue weighted by Gasteiger charge is 2.38. The third-order valence-corrected chi connectivity index (χ3v) is 4.24. The largest absolute Gasteiger partial charge is 0.481 e. The smallest absolute Gasteiger partial charge is 0.308 e. The number of rotatable bonds is 4. The second kappa shape index (κ2) is 6.28. The number of carbonyl (C=O) groups is 1. The fourth-order valence-electron chi connectivity index (χ4n) is 3.18. The fraction of sp³-hybridized carbons (Fsp3) is 0.278. The summed E-state index contributed by atoms with van der Waals surface area (Å²) in [5, 5.41) is 9.48. The van der Waals surface area contributed by atoms with Crippen LogP contribution in [0, 0.1) is 11.7 Å². The lowest BCUT2D eigenvalue weighted by atomic mass is 9.89. The maximum absolute atomic E-state index is 13.4. The maximum atomic E-state index is 13.4. The molecule has 1 saturated heterocycles. The molecule has 0 bridgehead atoms. The number of hydrogen-bond acceptors (Lipinski definition) is 2. The van der Waals surface area contributed by atoms with Crippen molar-refractivity contribution in [2.75, 3.05) is 13.1 Å². The predicted molar refractivity (Wildman–Crippen MR) is 82.0 cm³/mol. The molecule has 0 spiro atoms. The van der Waals surface area contributed by atoms with Crippen molar-refractivity contribution in [3.8, 4) is 0 Å². The molecule has 4 heteroatoms. The molecule has 0 aliphatic carbocycles. The van der Waals surface area contributed by atoms with Crippen molar-refractivity contribution < 1.29 is 14.3 Å². The van der Waals surface area contributed by atoms with Gasteiger partial charge in [-0.15, -0.1) is 0 Å². The molecule has 0 radical (unpaired) electrons. The molecule has 22 heavy (non-hydrogen) atoms. The summed E-state index contributed by atoms with van der Waals surface area (Å²) in [4.78, 5) is 13.7. The number of benzene rings is 2. The first-order valence-electron chi connectivity index (χ1n) is 7.38. The van der Waals surface area contributed by atoms with Crippen LogP contribution in [0.5, 0.6) is 0 Å². The number of nitrogens with zero attached hydrogens (tertiary/aromatic N) is 1. The molecule has 2 aromatic rings. The molecule has 0 amide bonds. The van der Waals surface area contributed by atoms with Crippen LogP contribution >= 0.6 is 0 Å². The first-order valence-corrected chi connectivity index (χ1v) is 7.38. The minimum absolute atomic E-state index is 0.170. The molecular formula is C18H18FNO2. The topological polar surface area (TPSA) is 40.5 Å². The van der Waals surface area contributed by atoms with Gasteiger partial charge in [0.05, 0.1) is 5.92 Å². The van der Waals surface area contributed by atoms with Crippen LogP contribution < -0.4 is 0 Å². The number of carboxylic acids is 1. The highest BCUT2D eigenvalue weighted by molar-refractivity contribution is 5.72. The van der Waals surface area contributed by atoms with E-state index in [1.165, 1.54) is 12.1 Å². The van der Waals surface area contributed by atoms with Gasteiger partial charge in [0, 0.05) is 25.6 Å². The van der Waals surface area contributed by atoms with Crippen LogP contribution in [0.25, 0.3) is 0 Å². The van der Waals surface area contributed by atoms with Gasteiger partial charge in [0.25, 0.3) is 0 Å². The second-order valence-corrected chi connectivity index (χ2v) is 5.79. The Labute approximate surface area is 129 Å². The molecule has 3 rings (SSSR count). The first-order chi connectivity index (χ1) is 10.6. The van der Waals surface area contributed by atoms with Crippen LogP contribution in [0.15, 0.2) is 54.6 Å². The monoisotopic (exact) mass is 299 g/mol. The van der Waals surface area contributed by atoms with Gasteiger partial charge >= 0.3 is 5.97 Å². The Hall–Kier alpha value is -2.20. The van der Waals surface area contributed by atoms with Gasteiger partial charge in [-0.25, -0.2) is 4.39 Å². The van der Waals surface area contributed by atoms with Crippen molar-refractivity contribution in [3.05, 3.63) is 71.5 Å². The van der Waals surface area contributed by atoms with E-state index in [4.69, 9.17) is 0 Å². The highest BCUT2D eigenvalue weighted by atomic mass is 19.1. The Bertz CT molecular complexity index is 659. The molecule has 1 fully saturated rings. The van der Waals surface area contributed by atoms with E-state index in [0.29, 0.717) is 13.1 Å². The third kappa shape index (κ3) is 3.17. The zero-order chi connectivity index (χ0) is 15.5. The zero-order valence-electron chi connectivity index (χ0n) is 12.2. The van der Waals surface area contributed by atoms with Gasteiger partial charge in [-0.1, -0.05) is 42.5 Å². The molecule has 1 aliphatic heterocycles. The Balaban J connectivity index is 1.79. The van der Waals surface area contributed by atoms with Gasteiger partial charge in [0.1, 0.15) is 5.82 Å². The molecular weight excluding hydrogens is 281 g/mol. The van der Waals surface area contributed by atoms with E-state index in [1.807, 2.05) is 36.4 Å². The van der Waals surface area contributed by atoms with Crippen LogP contribution in [0.1, 0.15) is 17.0 Å². The van der Waals surface area contributed by atoms with Crippen molar-refractivity contribution in [3.63, 3.8) is 0 Å². The Kier molecular flexibility index (Phi) is 4.20. The molecule has 114 valence electrons. The van der Waals surface area contributed by atoms with E-state index in [2.05, 4.69) is 4.90 Å². The third-order valence-electron chi connectivity index (χ3n) is 4.24. The van der Waals surface area contributed by atoms with Gasteiger partial charge in [0.15, 0.2) is 0 Å². The van der Waals surface area contributed by atoms with Crippen molar-refractivity contribution in [2.45, 2.75) is 12.5 Å². The quantitative estimate of drug-likeness (QED) is 0.943. The Morgan fingerprint density at radius 3 is 2.59 bits per heavy atom. The predicted octanol–water partition coefficient (Wildman–Crippen LogP) is 3.13. The van der Waals surface area contributed by atoms with Crippen LogP contribution in [0.2, 0.25) is 0 Å². The van der Waals surface area contributed by atoms with Crippen LogP contribution in [-0.4, -0.2) is 29.1 Å². The fourth-order valence-corrected chi connectivity index (χ4v) is 3.18. The minimum Gasteiger partial charge on any atom is -0.481 e. The van der Waals surface area contributed by atoms with E-state index >= 15 is 0 Å². The van der Waals surface area contributed by atoms with Gasteiger partial charge in [-0.3, -0.25) is 9.69 Å². The number of likely N-dealkylation sites (tertiary alicyclic amines) is 1. The molecule has 0 aromatic heterocycles. The molecule has 3 nitrogen and oxygen atoms in total. The summed E-state index contributed by atoms with van der Waals surface area (Å²) < 4.78 is 13.4. The number of hydrogen-bond donors (Lipinski definition) is 1. The highest BCUT2D eigenvalue weighted by Crippen LogP contribution is 2.33. The van der Waals surface area contributed by atoms with Crippen LogP contribution in [0.3, 0.4) is 0 Å². The zero-order valence-corrected chi connectivity index (χ0v) is 12.2. The van der Waals surface area contributed by atoms with E-state index in [1.54, 1.807) is 6.07 Å². The van der Waals surface area contributed by atoms with E-state index in [9.17, 15) is 14.3 Å². The van der Waals surface area contributed by atoms with E-state index in [-0.39, 0.29) is 11.7 Å². The summed E-state index contributed by atoms with van der Waals surface area (Å²) in [5.74, 6) is -1.80. The maximum Gasteiger partial charge on any atom is 0.308 e. The summed E-state index contributed by atoms with van der Waals surface area (Å²) in [7, 11) is 0. The average Bonchev–Trinajstić information content (AvgIpc) is 2.92. The molecule has 0 unspecified atom stereocenters. The van der Waals surface area contributed by atoms with Crippen molar-refractivity contribution in [1.29, 1.82) is 0 Å². The molecule has 2 atom stereocenters. The Morgan fingerprint density at radius 2 is 1.91 bits per heavy atom. The summed E-state index contributed by atoms with van der Waals surface area (Å²) in [6.45, 7) is 1.84. The van der Waals surface area contributed by atoms with Crippen molar-refractivity contribution >= 4 is 5.97 Å². The summed E-state index contributed by atoms with van der Waals surface area (Å²) in [6.07, 6.45) is 0. The first kappa shape index (κ1) is 14.7. The minimum atomic E-state index is -0.815. The molecule has 1 heterocycles. The Morgan fingerprint density at radius 1 is 1.14 bits per heavy atom. The van der Waals surface area contributed by atoms with Crippen LogP contribution in [0.4, 0.5) is 4.39 Å². The van der Waals surface area contributed by atoms with E-state index < -0.39 is 11.9 Å². The van der Waals surface area contributed by atoms with Crippen molar-refractivity contribution in [1.82, 2.24) is 4.90 Å². The lowest BCUT2D eigenvalue weighted by molar-refractivity contribution is -0.141. The number of aliphatic carboxylic acids is 1. The van der Waals surface area contributed by atoms with Gasteiger partial charge in [-0.2, -0.15) is 0 Å².